The number of nitrogens with zero attached hydrogens (tertiary/aromatic N) is 2. The minimum absolute atomic E-state index is 0.0230. The highest BCUT2D eigenvalue weighted by molar-refractivity contribution is 6.32. The normalized spacial score (nSPS) is 12.0. The van der Waals surface area contributed by atoms with Crippen molar-refractivity contribution in [2.75, 3.05) is 11.9 Å². The molecule has 0 aliphatic rings. The number of hydrogen-bond donors (Lipinski definition) is 2. The third kappa shape index (κ3) is 3.87. The molecule has 0 bridgehead atoms. The number of hydrogen-bond acceptors (Lipinski definition) is 4. The number of anilines is 1. The summed E-state index contributed by atoms with van der Waals surface area (Å²) in [7, 11) is 0. The maximum Gasteiger partial charge on any atom is 0.292 e. The van der Waals surface area contributed by atoms with E-state index in [9.17, 15) is 14.3 Å². The van der Waals surface area contributed by atoms with Crippen molar-refractivity contribution in [2.45, 2.75) is 6.10 Å². The largest absolute Gasteiger partial charge is 0.387 e. The van der Waals surface area contributed by atoms with Gasteiger partial charge in [0.1, 0.15) is 10.8 Å². The molecule has 5 nitrogen and oxygen atoms in total. The van der Waals surface area contributed by atoms with Crippen LogP contribution in [-0.4, -0.2) is 21.4 Å². The van der Waals surface area contributed by atoms with E-state index in [-0.39, 0.29) is 17.4 Å². The lowest BCUT2D eigenvalue weighted by atomic mass is 10.1. The van der Waals surface area contributed by atoms with Gasteiger partial charge in [-0.15, -0.1) is 0 Å². The van der Waals surface area contributed by atoms with Gasteiger partial charge in [0.2, 0.25) is 0 Å². The molecule has 2 aromatic carbocycles. The minimum atomic E-state index is -0.881. The predicted molar refractivity (Wildman–Crippen MR) is 94.7 cm³/mol. The lowest BCUT2D eigenvalue weighted by Gasteiger charge is -2.14. The molecule has 0 spiro atoms. The maximum absolute atomic E-state index is 12.9. The summed E-state index contributed by atoms with van der Waals surface area (Å²) in [4.78, 5) is 12.4. The second-order valence-corrected chi connectivity index (χ2v) is 5.75. The summed E-state index contributed by atoms with van der Waals surface area (Å²) in [6.45, 7) is 0.0990. The number of nitrogens with one attached hydrogen (secondary N) is 1. The van der Waals surface area contributed by atoms with E-state index in [1.54, 1.807) is 24.3 Å². The molecular formula is C18H15ClFN3O2. The third-order valence-corrected chi connectivity index (χ3v) is 4.03. The lowest BCUT2D eigenvalue weighted by Crippen LogP contribution is -2.23. The van der Waals surface area contributed by atoms with Gasteiger partial charge in [0.05, 0.1) is 23.7 Å². The number of rotatable bonds is 5. The molecule has 0 amide bonds. The van der Waals surface area contributed by atoms with Crippen LogP contribution in [0.4, 0.5) is 10.1 Å². The summed E-state index contributed by atoms with van der Waals surface area (Å²) in [6, 6.07) is 14.5. The van der Waals surface area contributed by atoms with E-state index in [0.29, 0.717) is 16.9 Å². The molecule has 1 aromatic heterocycles. The molecular weight excluding hydrogens is 345 g/mol. The van der Waals surface area contributed by atoms with Gasteiger partial charge in [0.15, 0.2) is 0 Å². The van der Waals surface area contributed by atoms with Crippen LogP contribution in [0.1, 0.15) is 11.7 Å². The van der Waals surface area contributed by atoms with E-state index in [2.05, 4.69) is 10.4 Å². The molecule has 1 atom stereocenters. The summed E-state index contributed by atoms with van der Waals surface area (Å²) in [6.07, 6.45) is 0.543. The Balaban J connectivity index is 1.76. The Morgan fingerprint density at radius 1 is 1.16 bits per heavy atom. The maximum atomic E-state index is 12.9. The van der Waals surface area contributed by atoms with Crippen LogP contribution in [0.25, 0.3) is 5.69 Å². The first-order valence-electron chi connectivity index (χ1n) is 7.57. The van der Waals surface area contributed by atoms with Gasteiger partial charge in [-0.3, -0.25) is 4.79 Å². The standard InChI is InChI=1S/C18H15ClFN3O2/c19-17-15(21-11-16(24)12-6-8-13(20)9-7-12)10-22-23(18(17)25)14-4-2-1-3-5-14/h1-10,16,21,24H,11H2/t16-/m0/s1. The summed E-state index contributed by atoms with van der Waals surface area (Å²) in [5.41, 5.74) is 1.01. The van der Waals surface area contributed by atoms with Gasteiger partial charge in [-0.1, -0.05) is 41.9 Å². The van der Waals surface area contributed by atoms with Crippen molar-refractivity contribution in [3.63, 3.8) is 0 Å². The van der Waals surface area contributed by atoms with Gasteiger partial charge in [0.25, 0.3) is 5.56 Å². The Kier molecular flexibility index (Phi) is 5.11. The zero-order valence-electron chi connectivity index (χ0n) is 13.1. The van der Waals surface area contributed by atoms with Crippen molar-refractivity contribution in [3.05, 3.63) is 87.6 Å². The van der Waals surface area contributed by atoms with Crippen LogP contribution in [-0.2, 0) is 0 Å². The lowest BCUT2D eigenvalue weighted by molar-refractivity contribution is 0.191. The summed E-state index contributed by atoms with van der Waals surface area (Å²) in [5, 5.41) is 17.1. The third-order valence-electron chi connectivity index (χ3n) is 3.66. The van der Waals surface area contributed by atoms with Crippen molar-refractivity contribution in [1.29, 1.82) is 0 Å². The van der Waals surface area contributed by atoms with E-state index >= 15 is 0 Å². The Bertz CT molecular complexity index is 914. The smallest absolute Gasteiger partial charge is 0.292 e. The zero-order valence-corrected chi connectivity index (χ0v) is 13.8. The predicted octanol–water partition coefficient (Wildman–Crippen LogP) is 3.17. The summed E-state index contributed by atoms with van der Waals surface area (Å²) >= 11 is 6.13. The number of halogens is 2. The highest BCUT2D eigenvalue weighted by Gasteiger charge is 2.13. The number of aliphatic hydroxyl groups excluding tert-OH is 1. The number of aliphatic hydroxyl groups is 1. The molecule has 128 valence electrons. The molecule has 25 heavy (non-hydrogen) atoms. The average Bonchev–Trinajstić information content (AvgIpc) is 2.64. The fourth-order valence-electron chi connectivity index (χ4n) is 2.32. The summed E-state index contributed by atoms with van der Waals surface area (Å²) in [5.74, 6) is -0.374. The molecule has 0 aliphatic heterocycles. The molecule has 0 unspecified atom stereocenters. The van der Waals surface area contributed by atoms with Gasteiger partial charge in [-0.25, -0.2) is 4.39 Å². The quantitative estimate of drug-likeness (QED) is 0.734. The Labute approximate surface area is 148 Å². The first-order valence-corrected chi connectivity index (χ1v) is 7.94. The van der Waals surface area contributed by atoms with E-state index in [0.717, 1.165) is 0 Å². The van der Waals surface area contributed by atoms with Gasteiger partial charge in [-0.2, -0.15) is 9.78 Å². The van der Waals surface area contributed by atoms with Gasteiger partial charge >= 0.3 is 0 Å². The zero-order chi connectivity index (χ0) is 17.8. The minimum Gasteiger partial charge on any atom is -0.387 e. The van der Waals surface area contributed by atoms with Crippen LogP contribution in [0.5, 0.6) is 0 Å². The highest BCUT2D eigenvalue weighted by atomic mass is 35.5. The molecule has 7 heteroatoms. The highest BCUT2D eigenvalue weighted by Crippen LogP contribution is 2.19. The van der Waals surface area contributed by atoms with Crippen LogP contribution in [0.3, 0.4) is 0 Å². The Morgan fingerprint density at radius 3 is 2.52 bits per heavy atom. The van der Waals surface area contributed by atoms with Crippen molar-refractivity contribution in [2.24, 2.45) is 0 Å². The second-order valence-electron chi connectivity index (χ2n) is 5.37. The molecule has 3 rings (SSSR count). The van der Waals surface area contributed by atoms with Crippen molar-refractivity contribution < 1.29 is 9.50 Å². The van der Waals surface area contributed by atoms with E-state index in [1.807, 2.05) is 6.07 Å². The van der Waals surface area contributed by atoms with Crippen LogP contribution >= 0.6 is 11.6 Å². The molecule has 3 aromatic rings. The SMILES string of the molecule is O=c1c(Cl)c(NC[C@H](O)c2ccc(F)cc2)cnn1-c1ccccc1. The van der Waals surface area contributed by atoms with Gasteiger partial charge in [-0.05, 0) is 29.8 Å². The first kappa shape index (κ1) is 17.1. The first-order chi connectivity index (χ1) is 12.1. The number of para-hydroxylation sites is 1. The Morgan fingerprint density at radius 2 is 1.84 bits per heavy atom. The van der Waals surface area contributed by atoms with Crippen LogP contribution in [0, 0.1) is 5.82 Å². The van der Waals surface area contributed by atoms with Crippen molar-refractivity contribution in [1.82, 2.24) is 9.78 Å². The van der Waals surface area contributed by atoms with E-state index in [4.69, 9.17) is 11.6 Å². The van der Waals surface area contributed by atoms with E-state index < -0.39 is 11.7 Å². The fourth-order valence-corrected chi connectivity index (χ4v) is 2.51. The Hall–Kier alpha value is -2.70. The molecule has 2 N–H and O–H groups in total. The van der Waals surface area contributed by atoms with Crippen LogP contribution in [0.15, 0.2) is 65.6 Å². The molecule has 0 aliphatic carbocycles. The number of benzene rings is 2. The molecule has 0 saturated carbocycles. The summed E-state index contributed by atoms with van der Waals surface area (Å²) < 4.78 is 14.1. The average molecular weight is 360 g/mol. The van der Waals surface area contributed by atoms with Crippen molar-refractivity contribution >= 4 is 17.3 Å². The molecule has 1 heterocycles. The topological polar surface area (TPSA) is 67.2 Å². The monoisotopic (exact) mass is 359 g/mol. The number of aromatic nitrogens is 2. The molecule has 0 fully saturated rings. The van der Waals surface area contributed by atoms with Gasteiger partial charge in [0, 0.05) is 6.54 Å². The molecule has 0 radical (unpaired) electrons. The van der Waals surface area contributed by atoms with Crippen LogP contribution < -0.4 is 10.9 Å². The molecule has 0 saturated heterocycles. The second kappa shape index (κ2) is 7.46. The fraction of sp³-hybridized carbons (Fsp3) is 0.111. The van der Waals surface area contributed by atoms with Crippen molar-refractivity contribution in [3.8, 4) is 5.69 Å². The van der Waals surface area contributed by atoms with Crippen LogP contribution in [0.2, 0.25) is 5.02 Å². The van der Waals surface area contributed by atoms with E-state index in [1.165, 1.54) is 35.1 Å². The van der Waals surface area contributed by atoms with Gasteiger partial charge < -0.3 is 10.4 Å².